The van der Waals surface area contributed by atoms with Gasteiger partial charge in [0.2, 0.25) is 11.8 Å². The molecule has 1 aromatic heterocycles. The zero-order chi connectivity index (χ0) is 21.2. The summed E-state index contributed by atoms with van der Waals surface area (Å²) in [4.78, 5) is 23.9. The number of nitrogens with one attached hydrogen (secondary N) is 2. The quantitative estimate of drug-likeness (QED) is 0.368. The number of carbonyl (C=O) groups is 1. The molecule has 3 rings (SSSR count). The maximum Gasteiger partial charge on any atom is 0.225 e. The normalized spacial score (nSPS) is 19.9. The summed E-state index contributed by atoms with van der Waals surface area (Å²) in [7, 11) is 0. The molecule has 7 nitrogen and oxygen atoms in total. The lowest BCUT2D eigenvalue weighted by Gasteiger charge is -2.21. The highest BCUT2D eigenvalue weighted by atomic mass is 16.5. The van der Waals surface area contributed by atoms with E-state index in [9.17, 15) is 4.79 Å². The fourth-order valence-electron chi connectivity index (χ4n) is 4.17. The second-order valence-corrected chi connectivity index (χ2v) is 8.26. The Hall–Kier alpha value is -2.31. The molecular formula is C23H37N5O2. The Balaban J connectivity index is 1.56. The summed E-state index contributed by atoms with van der Waals surface area (Å²) < 4.78 is 5.83. The number of hydrogen-bond donors (Lipinski definition) is 2. The van der Waals surface area contributed by atoms with Gasteiger partial charge in [0.15, 0.2) is 5.96 Å². The molecule has 7 heteroatoms. The number of nitrogens with zero attached hydrogens (tertiary/aromatic N) is 3. The fraction of sp³-hybridized carbons (Fsp3) is 0.696. The molecule has 0 aromatic carbocycles. The van der Waals surface area contributed by atoms with Crippen LogP contribution < -0.4 is 15.4 Å². The topological polar surface area (TPSA) is 78.9 Å². The number of likely N-dealkylation sites (tertiary alicyclic amines) is 1. The van der Waals surface area contributed by atoms with E-state index in [2.05, 4.69) is 29.5 Å². The van der Waals surface area contributed by atoms with Gasteiger partial charge >= 0.3 is 0 Å². The number of ether oxygens (including phenoxy) is 1. The minimum atomic E-state index is 0.238. The molecule has 0 bridgehead atoms. The monoisotopic (exact) mass is 415 g/mol. The van der Waals surface area contributed by atoms with E-state index < -0.39 is 0 Å². The van der Waals surface area contributed by atoms with Crippen molar-refractivity contribution in [1.82, 2.24) is 20.5 Å². The van der Waals surface area contributed by atoms with E-state index in [1.165, 1.54) is 12.8 Å². The van der Waals surface area contributed by atoms with Crippen molar-refractivity contribution in [3.8, 4) is 5.88 Å². The zero-order valence-corrected chi connectivity index (χ0v) is 18.5. The molecule has 1 atom stereocenters. The van der Waals surface area contributed by atoms with E-state index in [0.29, 0.717) is 24.9 Å². The Bertz CT molecular complexity index is 703. The van der Waals surface area contributed by atoms with E-state index in [-0.39, 0.29) is 12.0 Å². The summed E-state index contributed by atoms with van der Waals surface area (Å²) in [5, 5.41) is 6.84. The largest absolute Gasteiger partial charge is 0.477 e. The number of hydrogen-bond acceptors (Lipinski definition) is 4. The number of pyridine rings is 1. The number of carbonyl (C=O) groups excluding carboxylic acids is 1. The predicted molar refractivity (Wildman–Crippen MR) is 120 cm³/mol. The number of aliphatic imine (C=N–C) groups is 1. The van der Waals surface area contributed by atoms with Gasteiger partial charge in [0, 0.05) is 43.4 Å². The summed E-state index contributed by atoms with van der Waals surface area (Å²) in [6.07, 6.45) is 9.34. The third-order valence-electron chi connectivity index (χ3n) is 5.88. The van der Waals surface area contributed by atoms with E-state index in [1.807, 2.05) is 17.0 Å². The molecule has 1 saturated carbocycles. The van der Waals surface area contributed by atoms with Crippen molar-refractivity contribution in [3.63, 3.8) is 0 Å². The van der Waals surface area contributed by atoms with Gasteiger partial charge in [0.05, 0.1) is 13.2 Å². The zero-order valence-electron chi connectivity index (χ0n) is 18.5. The Labute approximate surface area is 180 Å². The average Bonchev–Trinajstić information content (AvgIpc) is 3.45. The average molecular weight is 416 g/mol. The van der Waals surface area contributed by atoms with Crippen molar-refractivity contribution < 1.29 is 9.53 Å². The molecule has 1 aliphatic carbocycles. The van der Waals surface area contributed by atoms with Crippen molar-refractivity contribution in [2.45, 2.75) is 71.4 Å². The second kappa shape index (κ2) is 11.8. The van der Waals surface area contributed by atoms with E-state index in [0.717, 1.165) is 63.3 Å². The van der Waals surface area contributed by atoms with Crippen LogP contribution in [0.3, 0.4) is 0 Å². The molecule has 1 aromatic rings. The molecule has 2 aliphatic rings. The first-order chi connectivity index (χ1) is 14.7. The van der Waals surface area contributed by atoms with Crippen molar-refractivity contribution in [3.05, 3.63) is 23.9 Å². The molecular weight excluding hydrogens is 378 g/mol. The van der Waals surface area contributed by atoms with Crippen LogP contribution in [0, 0.1) is 5.92 Å². The standard InChI is InChI=1S/C23H37N5O2/c1-3-5-15-30-21-19(11-8-13-25-21)16-26-23(24-4-2)27-20-12-14-28(17-20)22(29)18-9-6-7-10-18/h8,11,13,18,20H,3-7,9-10,12,14-17H2,1-2H3,(H2,24,26,27). The van der Waals surface area contributed by atoms with E-state index in [4.69, 9.17) is 9.73 Å². The molecule has 0 radical (unpaired) electrons. The summed E-state index contributed by atoms with van der Waals surface area (Å²) in [5.41, 5.74) is 0.982. The minimum absolute atomic E-state index is 0.238. The van der Waals surface area contributed by atoms with E-state index in [1.54, 1.807) is 6.20 Å². The van der Waals surface area contributed by atoms with Crippen LogP contribution >= 0.6 is 0 Å². The molecule has 166 valence electrons. The van der Waals surface area contributed by atoms with Crippen LogP contribution in [0.2, 0.25) is 0 Å². The first kappa shape index (κ1) is 22.4. The highest BCUT2D eigenvalue weighted by molar-refractivity contribution is 5.81. The maximum atomic E-state index is 12.7. The van der Waals surface area contributed by atoms with Crippen LogP contribution in [0.4, 0.5) is 0 Å². The molecule has 2 N–H and O–H groups in total. The Morgan fingerprint density at radius 1 is 1.30 bits per heavy atom. The lowest BCUT2D eigenvalue weighted by Crippen LogP contribution is -2.45. The van der Waals surface area contributed by atoms with Gasteiger partial charge in [-0.3, -0.25) is 4.79 Å². The van der Waals surface area contributed by atoms with Crippen LogP contribution in [0.25, 0.3) is 0 Å². The Kier molecular flexibility index (Phi) is 8.78. The van der Waals surface area contributed by atoms with Gasteiger partial charge in [-0.1, -0.05) is 32.3 Å². The minimum Gasteiger partial charge on any atom is -0.477 e. The van der Waals surface area contributed by atoms with Gasteiger partial charge in [-0.2, -0.15) is 0 Å². The first-order valence-corrected chi connectivity index (χ1v) is 11.6. The summed E-state index contributed by atoms with van der Waals surface area (Å²) in [5.74, 6) is 2.05. The van der Waals surface area contributed by atoms with Crippen LogP contribution in [0.15, 0.2) is 23.3 Å². The highest BCUT2D eigenvalue weighted by Crippen LogP contribution is 2.27. The van der Waals surface area contributed by atoms with Gasteiger partial charge in [0.25, 0.3) is 0 Å². The molecule has 2 fully saturated rings. The van der Waals surface area contributed by atoms with Gasteiger partial charge < -0.3 is 20.3 Å². The molecule has 2 heterocycles. The van der Waals surface area contributed by atoms with Crippen LogP contribution in [-0.4, -0.2) is 54.0 Å². The maximum absolute atomic E-state index is 12.7. The van der Waals surface area contributed by atoms with Crippen LogP contribution in [0.1, 0.15) is 64.4 Å². The van der Waals surface area contributed by atoms with Crippen molar-refractivity contribution in [2.24, 2.45) is 10.9 Å². The van der Waals surface area contributed by atoms with Crippen LogP contribution in [0.5, 0.6) is 5.88 Å². The predicted octanol–water partition coefficient (Wildman–Crippen LogP) is 3.11. The lowest BCUT2D eigenvalue weighted by atomic mass is 10.1. The highest BCUT2D eigenvalue weighted by Gasteiger charge is 2.32. The first-order valence-electron chi connectivity index (χ1n) is 11.6. The van der Waals surface area contributed by atoms with Crippen molar-refractivity contribution in [1.29, 1.82) is 0 Å². The number of guanidine groups is 1. The van der Waals surface area contributed by atoms with Gasteiger partial charge in [-0.25, -0.2) is 9.98 Å². The van der Waals surface area contributed by atoms with Crippen LogP contribution in [-0.2, 0) is 11.3 Å². The van der Waals surface area contributed by atoms with Gasteiger partial charge in [-0.05, 0) is 38.7 Å². The summed E-state index contributed by atoms with van der Waals surface area (Å²) in [6.45, 7) is 7.77. The molecule has 1 unspecified atom stereocenters. The third kappa shape index (κ3) is 6.34. The SMILES string of the molecule is CCCCOc1ncccc1CN=C(NCC)NC1CCN(C(=O)C2CCCC2)C1. The number of aromatic nitrogens is 1. The number of amides is 1. The molecule has 0 spiro atoms. The fourth-order valence-corrected chi connectivity index (χ4v) is 4.17. The molecule has 1 saturated heterocycles. The molecule has 1 amide bonds. The summed E-state index contributed by atoms with van der Waals surface area (Å²) in [6, 6.07) is 4.17. The van der Waals surface area contributed by atoms with Gasteiger partial charge in [0.1, 0.15) is 0 Å². The van der Waals surface area contributed by atoms with Crippen molar-refractivity contribution in [2.75, 3.05) is 26.2 Å². The second-order valence-electron chi connectivity index (χ2n) is 8.26. The Morgan fingerprint density at radius 2 is 2.13 bits per heavy atom. The summed E-state index contributed by atoms with van der Waals surface area (Å²) >= 11 is 0. The Morgan fingerprint density at radius 3 is 2.90 bits per heavy atom. The molecule has 1 aliphatic heterocycles. The number of unbranched alkanes of at least 4 members (excludes halogenated alkanes) is 1. The lowest BCUT2D eigenvalue weighted by molar-refractivity contribution is -0.134. The van der Waals surface area contributed by atoms with Gasteiger partial charge in [-0.15, -0.1) is 0 Å². The third-order valence-corrected chi connectivity index (χ3v) is 5.88. The van der Waals surface area contributed by atoms with Crippen molar-refractivity contribution >= 4 is 11.9 Å². The molecule has 30 heavy (non-hydrogen) atoms. The number of rotatable bonds is 9. The smallest absolute Gasteiger partial charge is 0.225 e. The van der Waals surface area contributed by atoms with E-state index >= 15 is 0 Å².